The van der Waals surface area contributed by atoms with Crippen molar-refractivity contribution in [1.29, 1.82) is 0 Å². The van der Waals surface area contributed by atoms with Crippen LogP contribution < -0.4 is 10.1 Å². The zero-order valence-electron chi connectivity index (χ0n) is 13.1. The highest BCUT2D eigenvalue weighted by atomic mass is 35.5. The van der Waals surface area contributed by atoms with Crippen LogP contribution in [0.5, 0.6) is 5.75 Å². The third kappa shape index (κ3) is 4.16. The minimum atomic E-state index is -0.149. The smallest absolute Gasteiger partial charge is 0.265 e. The summed E-state index contributed by atoms with van der Waals surface area (Å²) in [5, 5.41) is 5.37. The Morgan fingerprint density at radius 1 is 1.17 bits per heavy atom. The van der Waals surface area contributed by atoms with Crippen LogP contribution in [0.4, 0.5) is 5.69 Å². The third-order valence-electron chi connectivity index (χ3n) is 3.45. The maximum absolute atomic E-state index is 12.3. The molecule has 0 unspecified atom stereocenters. The zero-order valence-corrected chi connectivity index (χ0v) is 14.7. The molecular weight excluding hydrogens is 342 g/mol. The fourth-order valence-corrected chi connectivity index (χ4v) is 3.19. The Balaban J connectivity index is 1.62. The van der Waals surface area contributed by atoms with Gasteiger partial charge in [0.15, 0.2) is 0 Å². The van der Waals surface area contributed by atoms with E-state index in [-0.39, 0.29) is 5.91 Å². The summed E-state index contributed by atoms with van der Waals surface area (Å²) in [4.78, 5) is 12.9. The summed E-state index contributed by atoms with van der Waals surface area (Å²) >= 11 is 7.32. The number of thiophene rings is 1. The molecule has 1 heterocycles. The number of carbonyl (C=O) groups excluding carboxylic acids is 1. The van der Waals surface area contributed by atoms with Gasteiger partial charge < -0.3 is 10.1 Å². The molecule has 0 saturated heterocycles. The predicted molar refractivity (Wildman–Crippen MR) is 99.2 cm³/mol. The number of ether oxygens (including phenoxy) is 1. The molecule has 0 saturated carbocycles. The van der Waals surface area contributed by atoms with Crippen molar-refractivity contribution >= 4 is 34.5 Å². The number of anilines is 1. The first-order valence-corrected chi connectivity index (χ1v) is 8.70. The lowest BCUT2D eigenvalue weighted by molar-refractivity contribution is 0.103. The minimum absolute atomic E-state index is 0.149. The average molecular weight is 358 g/mol. The molecule has 122 valence electrons. The molecule has 1 aromatic heterocycles. The zero-order chi connectivity index (χ0) is 16.9. The second kappa shape index (κ2) is 7.51. The van der Waals surface area contributed by atoms with Crippen LogP contribution in [0.15, 0.2) is 60.0 Å². The number of rotatable bonds is 5. The summed E-state index contributed by atoms with van der Waals surface area (Å²) in [6, 6.07) is 16.8. The number of hydrogen-bond acceptors (Lipinski definition) is 3. The van der Waals surface area contributed by atoms with Gasteiger partial charge in [-0.05, 0) is 48.2 Å². The van der Waals surface area contributed by atoms with Crippen LogP contribution in [0.25, 0.3) is 0 Å². The number of nitrogens with one attached hydrogen (secondary N) is 1. The Morgan fingerprint density at radius 2 is 2.00 bits per heavy atom. The normalized spacial score (nSPS) is 10.4. The Labute approximate surface area is 149 Å². The van der Waals surface area contributed by atoms with Crippen molar-refractivity contribution in [3.8, 4) is 5.75 Å². The molecule has 0 aliphatic carbocycles. The molecule has 3 nitrogen and oxygen atoms in total. The van der Waals surface area contributed by atoms with E-state index in [1.165, 1.54) is 11.3 Å². The molecule has 0 fully saturated rings. The van der Waals surface area contributed by atoms with Gasteiger partial charge in [-0.15, -0.1) is 11.3 Å². The molecule has 3 aromatic rings. The van der Waals surface area contributed by atoms with E-state index in [0.717, 1.165) is 16.9 Å². The fourth-order valence-electron chi connectivity index (χ4n) is 2.21. The Hall–Kier alpha value is -2.30. The number of amides is 1. The summed E-state index contributed by atoms with van der Waals surface area (Å²) in [6.45, 7) is 2.44. The van der Waals surface area contributed by atoms with Crippen LogP contribution in [0.2, 0.25) is 5.02 Å². The Morgan fingerprint density at radius 3 is 2.79 bits per heavy atom. The van der Waals surface area contributed by atoms with E-state index in [2.05, 4.69) is 5.32 Å². The van der Waals surface area contributed by atoms with Gasteiger partial charge >= 0.3 is 0 Å². The van der Waals surface area contributed by atoms with Gasteiger partial charge in [0.05, 0.1) is 4.88 Å². The van der Waals surface area contributed by atoms with Crippen LogP contribution in [0, 0.1) is 6.92 Å². The van der Waals surface area contributed by atoms with Crippen molar-refractivity contribution in [2.24, 2.45) is 0 Å². The summed E-state index contributed by atoms with van der Waals surface area (Å²) in [6.07, 6.45) is 0. The topological polar surface area (TPSA) is 38.3 Å². The van der Waals surface area contributed by atoms with Crippen LogP contribution in [0.1, 0.15) is 20.8 Å². The van der Waals surface area contributed by atoms with Gasteiger partial charge in [0.25, 0.3) is 5.91 Å². The van der Waals surface area contributed by atoms with Crippen molar-refractivity contribution in [2.45, 2.75) is 13.5 Å². The quantitative estimate of drug-likeness (QED) is 0.650. The number of hydrogen-bond donors (Lipinski definition) is 1. The van der Waals surface area contributed by atoms with Crippen LogP contribution >= 0.6 is 22.9 Å². The lowest BCUT2D eigenvalue weighted by Crippen LogP contribution is -2.10. The summed E-state index contributed by atoms with van der Waals surface area (Å²) < 4.78 is 5.81. The molecule has 0 aliphatic heterocycles. The highest BCUT2D eigenvalue weighted by molar-refractivity contribution is 7.12. The fraction of sp³-hybridized carbons (Fsp3) is 0.105. The van der Waals surface area contributed by atoms with Crippen LogP contribution in [-0.2, 0) is 6.61 Å². The monoisotopic (exact) mass is 357 g/mol. The SMILES string of the molecule is Cc1ccccc1OCc1csc(C(=O)Nc2cccc(Cl)c2)c1. The van der Waals surface area contributed by atoms with E-state index in [4.69, 9.17) is 16.3 Å². The Bertz CT molecular complexity index is 860. The van der Waals surface area contributed by atoms with Gasteiger partial charge in [0, 0.05) is 16.3 Å². The molecule has 2 aromatic carbocycles. The lowest BCUT2D eigenvalue weighted by atomic mass is 10.2. The second-order valence-corrected chi connectivity index (χ2v) is 6.69. The standard InChI is InChI=1S/C19H16ClNO2S/c1-13-5-2-3-8-17(13)23-11-14-9-18(24-12-14)19(22)21-16-7-4-6-15(20)10-16/h2-10,12H,11H2,1H3,(H,21,22). The van der Waals surface area contributed by atoms with Crippen LogP contribution in [-0.4, -0.2) is 5.91 Å². The molecular formula is C19H16ClNO2S. The van der Waals surface area contributed by atoms with Gasteiger partial charge in [0.1, 0.15) is 12.4 Å². The number of para-hydroxylation sites is 1. The highest BCUT2D eigenvalue weighted by Gasteiger charge is 2.10. The third-order valence-corrected chi connectivity index (χ3v) is 4.66. The van der Waals surface area contributed by atoms with Crippen molar-refractivity contribution in [3.05, 3.63) is 81.0 Å². The number of aryl methyl sites for hydroxylation is 1. The maximum atomic E-state index is 12.3. The Kier molecular flexibility index (Phi) is 5.18. The van der Waals surface area contributed by atoms with Gasteiger partial charge in [-0.2, -0.15) is 0 Å². The molecule has 0 radical (unpaired) electrons. The van der Waals surface area contributed by atoms with E-state index in [1.54, 1.807) is 24.3 Å². The van der Waals surface area contributed by atoms with Gasteiger partial charge in [-0.3, -0.25) is 4.79 Å². The second-order valence-electron chi connectivity index (χ2n) is 5.34. The number of carbonyl (C=O) groups is 1. The first-order valence-electron chi connectivity index (χ1n) is 7.44. The molecule has 0 aliphatic rings. The van der Waals surface area contributed by atoms with E-state index in [9.17, 15) is 4.79 Å². The van der Waals surface area contributed by atoms with Gasteiger partial charge in [0.2, 0.25) is 0 Å². The molecule has 3 rings (SSSR count). The van der Waals surface area contributed by atoms with E-state index in [0.29, 0.717) is 22.2 Å². The number of halogens is 1. The molecule has 0 spiro atoms. The van der Waals surface area contributed by atoms with Gasteiger partial charge in [-0.1, -0.05) is 35.9 Å². The highest BCUT2D eigenvalue weighted by Crippen LogP contribution is 2.22. The van der Waals surface area contributed by atoms with Crippen LogP contribution in [0.3, 0.4) is 0 Å². The molecule has 5 heteroatoms. The lowest BCUT2D eigenvalue weighted by Gasteiger charge is -2.07. The maximum Gasteiger partial charge on any atom is 0.265 e. The van der Waals surface area contributed by atoms with E-state index >= 15 is 0 Å². The molecule has 0 bridgehead atoms. The van der Waals surface area contributed by atoms with Gasteiger partial charge in [-0.25, -0.2) is 0 Å². The molecule has 1 N–H and O–H groups in total. The van der Waals surface area contributed by atoms with Crippen molar-refractivity contribution < 1.29 is 9.53 Å². The van der Waals surface area contributed by atoms with Crippen molar-refractivity contribution in [1.82, 2.24) is 0 Å². The molecule has 24 heavy (non-hydrogen) atoms. The molecule has 1 amide bonds. The van der Waals surface area contributed by atoms with E-state index < -0.39 is 0 Å². The van der Waals surface area contributed by atoms with Crippen molar-refractivity contribution in [2.75, 3.05) is 5.32 Å². The largest absolute Gasteiger partial charge is 0.489 e. The minimum Gasteiger partial charge on any atom is -0.489 e. The van der Waals surface area contributed by atoms with Crippen molar-refractivity contribution in [3.63, 3.8) is 0 Å². The summed E-state index contributed by atoms with van der Waals surface area (Å²) in [5.41, 5.74) is 2.74. The predicted octanol–water partition coefficient (Wildman–Crippen LogP) is 5.54. The average Bonchev–Trinajstić information content (AvgIpc) is 3.03. The van der Waals surface area contributed by atoms with E-state index in [1.807, 2.05) is 42.6 Å². The molecule has 0 atom stereocenters. The summed E-state index contributed by atoms with van der Waals surface area (Å²) in [5.74, 6) is 0.707. The first kappa shape index (κ1) is 16.6. The number of benzene rings is 2. The first-order chi connectivity index (χ1) is 11.6. The summed E-state index contributed by atoms with van der Waals surface area (Å²) in [7, 11) is 0.